The number of rotatable bonds is 4. The highest BCUT2D eigenvalue weighted by molar-refractivity contribution is 6.31. The summed E-state index contributed by atoms with van der Waals surface area (Å²) in [5.41, 5.74) is 0.484. The van der Waals surface area contributed by atoms with E-state index in [1.807, 2.05) is 11.0 Å². The van der Waals surface area contributed by atoms with Crippen LogP contribution in [0, 0.1) is 11.7 Å². The molecule has 6 nitrogen and oxygen atoms in total. The quantitative estimate of drug-likeness (QED) is 0.902. The van der Waals surface area contributed by atoms with E-state index in [4.69, 9.17) is 16.3 Å². The topological polar surface area (TPSA) is 67.3 Å². The number of hydrogen-bond acceptors (Lipinski definition) is 5. The van der Waals surface area contributed by atoms with Crippen molar-refractivity contribution in [3.05, 3.63) is 41.2 Å². The third-order valence-corrected chi connectivity index (χ3v) is 4.43. The summed E-state index contributed by atoms with van der Waals surface area (Å²) in [7, 11) is 1.53. The Bertz CT molecular complexity index is 757. The Labute approximate surface area is 149 Å². The van der Waals surface area contributed by atoms with Gasteiger partial charge in [0.2, 0.25) is 11.8 Å². The number of carbonyl (C=O) groups is 1. The van der Waals surface area contributed by atoms with E-state index >= 15 is 0 Å². The molecule has 25 heavy (non-hydrogen) atoms. The molecule has 1 fully saturated rings. The molecule has 0 radical (unpaired) electrons. The maximum Gasteiger partial charge on any atom is 0.233 e. The highest BCUT2D eigenvalue weighted by atomic mass is 35.5. The zero-order valence-electron chi connectivity index (χ0n) is 13.7. The fourth-order valence-electron chi connectivity index (χ4n) is 2.81. The molecule has 1 atom stereocenters. The summed E-state index contributed by atoms with van der Waals surface area (Å²) in [6.07, 6.45) is 1.65. The van der Waals surface area contributed by atoms with Crippen LogP contribution in [-0.2, 0) is 4.79 Å². The minimum atomic E-state index is -0.512. The summed E-state index contributed by atoms with van der Waals surface area (Å²) in [4.78, 5) is 14.5. The fourth-order valence-corrected chi connectivity index (χ4v) is 2.99. The van der Waals surface area contributed by atoms with Crippen LogP contribution in [0.25, 0.3) is 0 Å². The molecule has 1 aliphatic heterocycles. The van der Waals surface area contributed by atoms with Gasteiger partial charge in [-0.1, -0.05) is 11.6 Å². The number of aromatic nitrogens is 2. The standard InChI is InChI=1S/C17H18ClFN4O2/c1-25-16-7-6-15(21-22-16)23-8-2-3-11(10-23)17(24)20-12-4-5-14(19)13(18)9-12/h4-7,9,11H,2-3,8,10H2,1H3,(H,20,24)/t11-/m0/s1. The zero-order chi connectivity index (χ0) is 17.8. The third-order valence-electron chi connectivity index (χ3n) is 4.14. The van der Waals surface area contributed by atoms with Crippen molar-refractivity contribution in [1.29, 1.82) is 0 Å². The van der Waals surface area contributed by atoms with Crippen molar-refractivity contribution < 1.29 is 13.9 Å². The van der Waals surface area contributed by atoms with Crippen molar-refractivity contribution in [3.63, 3.8) is 0 Å². The van der Waals surface area contributed by atoms with Crippen molar-refractivity contribution in [1.82, 2.24) is 10.2 Å². The molecule has 132 valence electrons. The Hall–Kier alpha value is -2.41. The van der Waals surface area contributed by atoms with Gasteiger partial charge in [-0.15, -0.1) is 10.2 Å². The SMILES string of the molecule is COc1ccc(N2CCC[C@H](C(=O)Nc3ccc(F)c(Cl)c3)C2)nn1. The second-order valence-electron chi connectivity index (χ2n) is 5.84. The summed E-state index contributed by atoms with van der Waals surface area (Å²) in [6.45, 7) is 1.36. The van der Waals surface area contributed by atoms with Gasteiger partial charge >= 0.3 is 0 Å². The summed E-state index contributed by atoms with van der Waals surface area (Å²) in [5.74, 6) is 0.336. The first-order chi connectivity index (χ1) is 12.1. The number of halogens is 2. The largest absolute Gasteiger partial charge is 0.480 e. The van der Waals surface area contributed by atoms with E-state index in [-0.39, 0.29) is 16.8 Å². The predicted molar refractivity (Wildman–Crippen MR) is 93.6 cm³/mol. The molecule has 0 unspecified atom stereocenters. The molecule has 0 saturated carbocycles. The van der Waals surface area contributed by atoms with E-state index < -0.39 is 5.82 Å². The van der Waals surface area contributed by atoms with E-state index in [1.165, 1.54) is 25.3 Å². The molecule has 1 amide bonds. The number of piperidine rings is 1. The number of amides is 1. The predicted octanol–water partition coefficient (Wildman–Crippen LogP) is 3.13. The lowest BCUT2D eigenvalue weighted by Gasteiger charge is -2.32. The van der Waals surface area contributed by atoms with Crippen molar-refractivity contribution in [3.8, 4) is 5.88 Å². The maximum atomic E-state index is 13.2. The van der Waals surface area contributed by atoms with E-state index in [2.05, 4.69) is 15.5 Å². The number of carbonyl (C=O) groups excluding carboxylic acids is 1. The van der Waals surface area contributed by atoms with Gasteiger partial charge in [0, 0.05) is 24.8 Å². The minimum Gasteiger partial charge on any atom is -0.480 e. The van der Waals surface area contributed by atoms with E-state index in [0.29, 0.717) is 23.9 Å². The van der Waals surface area contributed by atoms with Gasteiger partial charge in [-0.25, -0.2) is 4.39 Å². The van der Waals surface area contributed by atoms with Crippen LogP contribution >= 0.6 is 11.6 Å². The van der Waals surface area contributed by atoms with Gasteiger partial charge < -0.3 is 15.0 Å². The van der Waals surface area contributed by atoms with Crippen molar-refractivity contribution >= 4 is 29.0 Å². The molecule has 1 aromatic carbocycles. The van der Waals surface area contributed by atoms with Gasteiger partial charge in [0.1, 0.15) is 5.82 Å². The lowest BCUT2D eigenvalue weighted by atomic mass is 9.97. The smallest absolute Gasteiger partial charge is 0.233 e. The van der Waals surface area contributed by atoms with E-state index in [9.17, 15) is 9.18 Å². The summed E-state index contributed by atoms with van der Waals surface area (Å²) in [5, 5.41) is 10.9. The first-order valence-corrected chi connectivity index (χ1v) is 8.33. The van der Waals surface area contributed by atoms with Gasteiger partial charge in [0.15, 0.2) is 5.82 Å². The minimum absolute atomic E-state index is 0.0171. The summed E-state index contributed by atoms with van der Waals surface area (Å²) < 4.78 is 18.2. The molecular weight excluding hydrogens is 347 g/mol. The molecule has 0 bridgehead atoms. The van der Waals surface area contributed by atoms with Gasteiger partial charge in [0.25, 0.3) is 0 Å². The van der Waals surface area contributed by atoms with Gasteiger partial charge in [-0.2, -0.15) is 0 Å². The molecule has 3 rings (SSSR count). The molecule has 1 aromatic heterocycles. The Morgan fingerprint density at radius 1 is 1.36 bits per heavy atom. The Morgan fingerprint density at radius 2 is 2.20 bits per heavy atom. The van der Waals surface area contributed by atoms with Gasteiger partial charge in [-0.05, 0) is 37.1 Å². The van der Waals surface area contributed by atoms with Crippen LogP contribution < -0.4 is 15.0 Å². The van der Waals surface area contributed by atoms with E-state index in [1.54, 1.807) is 6.07 Å². The van der Waals surface area contributed by atoms with Crippen LogP contribution in [0.2, 0.25) is 5.02 Å². The summed E-state index contributed by atoms with van der Waals surface area (Å²) in [6, 6.07) is 7.70. The molecule has 0 aliphatic carbocycles. The molecule has 1 saturated heterocycles. The molecule has 1 N–H and O–H groups in total. The number of methoxy groups -OCH3 is 1. The van der Waals surface area contributed by atoms with Crippen LogP contribution in [-0.4, -0.2) is 36.3 Å². The van der Waals surface area contributed by atoms with Crippen molar-refractivity contribution in [2.45, 2.75) is 12.8 Å². The number of benzene rings is 1. The highest BCUT2D eigenvalue weighted by Crippen LogP contribution is 2.24. The number of anilines is 2. The first-order valence-electron chi connectivity index (χ1n) is 7.95. The fraction of sp³-hybridized carbons (Fsp3) is 0.353. The molecular formula is C17H18ClFN4O2. The number of hydrogen-bond donors (Lipinski definition) is 1. The van der Waals surface area contributed by atoms with Crippen molar-refractivity contribution in [2.75, 3.05) is 30.4 Å². The number of nitrogens with one attached hydrogen (secondary N) is 1. The molecule has 2 aromatic rings. The van der Waals surface area contributed by atoms with Crippen LogP contribution in [0.3, 0.4) is 0 Å². The molecule has 1 aliphatic rings. The Balaban J connectivity index is 1.65. The zero-order valence-corrected chi connectivity index (χ0v) is 14.5. The lowest BCUT2D eigenvalue weighted by Crippen LogP contribution is -2.41. The maximum absolute atomic E-state index is 13.2. The molecule has 0 spiro atoms. The first kappa shape index (κ1) is 17.4. The average Bonchev–Trinajstić information content (AvgIpc) is 2.65. The second kappa shape index (κ2) is 7.65. The number of nitrogens with zero attached hydrogens (tertiary/aromatic N) is 3. The third kappa shape index (κ3) is 4.17. The van der Waals surface area contributed by atoms with Crippen LogP contribution in [0.15, 0.2) is 30.3 Å². The molecule has 8 heteroatoms. The van der Waals surface area contributed by atoms with Crippen molar-refractivity contribution in [2.24, 2.45) is 5.92 Å². The Morgan fingerprint density at radius 3 is 2.88 bits per heavy atom. The van der Waals surface area contributed by atoms with Crippen LogP contribution in [0.4, 0.5) is 15.9 Å². The van der Waals surface area contributed by atoms with Gasteiger partial charge in [-0.3, -0.25) is 4.79 Å². The number of ether oxygens (including phenoxy) is 1. The monoisotopic (exact) mass is 364 g/mol. The lowest BCUT2D eigenvalue weighted by molar-refractivity contribution is -0.120. The van der Waals surface area contributed by atoms with Crippen LogP contribution in [0.5, 0.6) is 5.88 Å². The van der Waals surface area contributed by atoms with Gasteiger partial charge in [0.05, 0.1) is 18.1 Å². The highest BCUT2D eigenvalue weighted by Gasteiger charge is 2.27. The van der Waals surface area contributed by atoms with Crippen LogP contribution in [0.1, 0.15) is 12.8 Å². The Kier molecular flexibility index (Phi) is 5.33. The molecule has 2 heterocycles. The van der Waals surface area contributed by atoms with E-state index in [0.717, 1.165) is 19.4 Å². The normalized spacial score (nSPS) is 17.2. The average molecular weight is 365 g/mol. The summed E-state index contributed by atoms with van der Waals surface area (Å²) >= 11 is 5.75. The second-order valence-corrected chi connectivity index (χ2v) is 6.24.